The van der Waals surface area contributed by atoms with Crippen LogP contribution < -0.4 is 5.32 Å². The second kappa shape index (κ2) is 6.80. The Labute approximate surface area is 118 Å². The third-order valence-electron chi connectivity index (χ3n) is 2.27. The van der Waals surface area contributed by atoms with Gasteiger partial charge in [-0.25, -0.2) is 4.79 Å². The third kappa shape index (κ3) is 3.74. The van der Waals surface area contributed by atoms with Crippen LogP contribution in [-0.4, -0.2) is 35.0 Å². The Hall–Kier alpha value is -1.01. The van der Waals surface area contributed by atoms with Crippen molar-refractivity contribution in [3.8, 4) is 0 Å². The summed E-state index contributed by atoms with van der Waals surface area (Å²) in [7, 11) is 0. The van der Waals surface area contributed by atoms with E-state index in [1.54, 1.807) is 23.9 Å². The highest BCUT2D eigenvalue weighted by atomic mass is 79.9. The zero-order valence-electron chi connectivity index (χ0n) is 10.1. The Balaban J connectivity index is 3.01. The van der Waals surface area contributed by atoms with Crippen molar-refractivity contribution in [2.24, 2.45) is 0 Å². The molecule has 0 saturated carbocycles. The standard InChI is InChI=1S/C12H14BrNO3S/c1-7(6-18-2)14-11(15)10-8(12(16)17)4-3-5-9(10)13/h3-5,7H,6H2,1-2H3,(H,14,15)(H,16,17)/t7-/m0/s1. The summed E-state index contributed by atoms with van der Waals surface area (Å²) in [6.45, 7) is 1.88. The van der Waals surface area contributed by atoms with Crippen LogP contribution in [0.1, 0.15) is 27.6 Å². The van der Waals surface area contributed by atoms with Gasteiger partial charge in [0.15, 0.2) is 0 Å². The largest absolute Gasteiger partial charge is 0.478 e. The first-order chi connectivity index (χ1) is 8.47. The molecule has 0 unspecified atom stereocenters. The Morgan fingerprint density at radius 1 is 1.50 bits per heavy atom. The van der Waals surface area contributed by atoms with Gasteiger partial charge in [-0.05, 0) is 41.2 Å². The molecule has 1 aromatic carbocycles. The van der Waals surface area contributed by atoms with Gasteiger partial charge in [0.1, 0.15) is 0 Å². The molecule has 1 amide bonds. The maximum Gasteiger partial charge on any atom is 0.336 e. The second-order valence-electron chi connectivity index (χ2n) is 3.80. The number of hydrogen-bond donors (Lipinski definition) is 2. The van der Waals surface area contributed by atoms with Crippen molar-refractivity contribution in [2.75, 3.05) is 12.0 Å². The highest BCUT2D eigenvalue weighted by Crippen LogP contribution is 2.21. The number of carboxylic acid groups (broad SMARTS) is 1. The van der Waals surface area contributed by atoms with Gasteiger partial charge >= 0.3 is 5.97 Å². The molecule has 2 N–H and O–H groups in total. The zero-order chi connectivity index (χ0) is 13.7. The molecule has 0 saturated heterocycles. The molecule has 1 aromatic rings. The minimum atomic E-state index is -1.11. The topological polar surface area (TPSA) is 66.4 Å². The number of aromatic carboxylic acids is 1. The lowest BCUT2D eigenvalue weighted by Gasteiger charge is -2.14. The smallest absolute Gasteiger partial charge is 0.336 e. The van der Waals surface area contributed by atoms with E-state index in [0.717, 1.165) is 5.75 Å². The highest BCUT2D eigenvalue weighted by molar-refractivity contribution is 9.10. The van der Waals surface area contributed by atoms with Crippen molar-refractivity contribution >= 4 is 39.6 Å². The van der Waals surface area contributed by atoms with Crippen LogP contribution in [0.15, 0.2) is 22.7 Å². The number of benzene rings is 1. The fraction of sp³-hybridized carbons (Fsp3) is 0.333. The van der Waals surface area contributed by atoms with E-state index in [2.05, 4.69) is 21.2 Å². The lowest BCUT2D eigenvalue weighted by atomic mass is 10.1. The van der Waals surface area contributed by atoms with Crippen LogP contribution >= 0.6 is 27.7 Å². The van der Waals surface area contributed by atoms with Crippen LogP contribution in [0.25, 0.3) is 0 Å². The second-order valence-corrected chi connectivity index (χ2v) is 5.56. The Kier molecular flexibility index (Phi) is 5.68. The molecule has 0 aromatic heterocycles. The van der Waals surface area contributed by atoms with E-state index in [4.69, 9.17) is 5.11 Å². The lowest BCUT2D eigenvalue weighted by Crippen LogP contribution is -2.35. The summed E-state index contributed by atoms with van der Waals surface area (Å²) in [5.74, 6) is -0.709. The number of carbonyl (C=O) groups excluding carboxylic acids is 1. The Morgan fingerprint density at radius 3 is 2.72 bits per heavy atom. The molecule has 0 aliphatic carbocycles. The molecule has 18 heavy (non-hydrogen) atoms. The molecule has 1 rings (SSSR count). The van der Waals surface area contributed by atoms with Gasteiger partial charge in [-0.2, -0.15) is 11.8 Å². The van der Waals surface area contributed by atoms with Crippen molar-refractivity contribution in [1.29, 1.82) is 0 Å². The van der Waals surface area contributed by atoms with E-state index in [-0.39, 0.29) is 23.1 Å². The number of thioether (sulfide) groups is 1. The average molecular weight is 332 g/mol. The minimum Gasteiger partial charge on any atom is -0.478 e. The molecule has 0 bridgehead atoms. The van der Waals surface area contributed by atoms with Gasteiger partial charge in [0.2, 0.25) is 0 Å². The van der Waals surface area contributed by atoms with E-state index in [1.807, 2.05) is 13.2 Å². The summed E-state index contributed by atoms with van der Waals surface area (Å²) in [4.78, 5) is 23.1. The summed E-state index contributed by atoms with van der Waals surface area (Å²) in [6.07, 6.45) is 1.95. The highest BCUT2D eigenvalue weighted by Gasteiger charge is 2.20. The first kappa shape index (κ1) is 15.0. The minimum absolute atomic E-state index is 0.00164. The van der Waals surface area contributed by atoms with Gasteiger partial charge in [0, 0.05) is 16.3 Å². The number of rotatable bonds is 5. The molecule has 0 spiro atoms. The normalized spacial score (nSPS) is 11.9. The van der Waals surface area contributed by atoms with Crippen molar-refractivity contribution in [3.05, 3.63) is 33.8 Å². The molecule has 0 fully saturated rings. The number of hydrogen-bond acceptors (Lipinski definition) is 3. The summed E-state index contributed by atoms with van der Waals surface area (Å²) in [5, 5.41) is 11.9. The fourth-order valence-electron chi connectivity index (χ4n) is 1.52. The van der Waals surface area contributed by atoms with Crippen molar-refractivity contribution in [2.45, 2.75) is 13.0 Å². The van der Waals surface area contributed by atoms with Crippen LogP contribution in [0.5, 0.6) is 0 Å². The van der Waals surface area contributed by atoms with Crippen molar-refractivity contribution in [1.82, 2.24) is 5.32 Å². The molecule has 0 radical (unpaired) electrons. The van der Waals surface area contributed by atoms with Crippen molar-refractivity contribution < 1.29 is 14.7 Å². The summed E-state index contributed by atoms with van der Waals surface area (Å²) < 4.78 is 0.483. The van der Waals surface area contributed by atoms with E-state index < -0.39 is 5.97 Å². The Morgan fingerprint density at radius 2 is 2.17 bits per heavy atom. The number of halogens is 1. The number of carbonyl (C=O) groups is 2. The fourth-order valence-corrected chi connectivity index (χ4v) is 2.65. The molecule has 0 aliphatic rings. The van der Waals surface area contributed by atoms with Crippen LogP contribution in [0, 0.1) is 0 Å². The molecule has 98 valence electrons. The first-order valence-electron chi connectivity index (χ1n) is 5.29. The molecule has 1 atom stereocenters. The van der Waals surface area contributed by atoms with E-state index >= 15 is 0 Å². The van der Waals surface area contributed by atoms with Crippen LogP contribution in [-0.2, 0) is 0 Å². The quantitative estimate of drug-likeness (QED) is 0.870. The van der Waals surface area contributed by atoms with Crippen LogP contribution in [0.3, 0.4) is 0 Å². The summed E-state index contributed by atoms with van der Waals surface area (Å²) in [6, 6.07) is 4.65. The van der Waals surface area contributed by atoms with Crippen LogP contribution in [0.2, 0.25) is 0 Å². The van der Waals surface area contributed by atoms with Gasteiger partial charge in [-0.3, -0.25) is 4.79 Å². The molecular weight excluding hydrogens is 318 g/mol. The maximum absolute atomic E-state index is 12.1. The summed E-state index contributed by atoms with van der Waals surface area (Å²) >= 11 is 4.83. The molecule has 0 heterocycles. The SMILES string of the molecule is CSC[C@H](C)NC(=O)c1c(Br)cccc1C(=O)O. The number of carboxylic acids is 1. The van der Waals surface area contributed by atoms with E-state index in [9.17, 15) is 9.59 Å². The summed E-state index contributed by atoms with van der Waals surface area (Å²) in [5.41, 5.74) is 0.163. The monoisotopic (exact) mass is 331 g/mol. The van der Waals surface area contributed by atoms with Gasteiger partial charge in [0.05, 0.1) is 11.1 Å². The number of nitrogens with one attached hydrogen (secondary N) is 1. The lowest BCUT2D eigenvalue weighted by molar-refractivity contribution is 0.0690. The molecule has 4 nitrogen and oxygen atoms in total. The molecular formula is C12H14BrNO3S. The third-order valence-corrected chi connectivity index (χ3v) is 3.76. The van der Waals surface area contributed by atoms with Crippen molar-refractivity contribution in [3.63, 3.8) is 0 Å². The molecule has 6 heteroatoms. The number of amides is 1. The predicted molar refractivity (Wildman–Crippen MR) is 76.4 cm³/mol. The van der Waals surface area contributed by atoms with E-state index in [0.29, 0.717) is 4.47 Å². The average Bonchev–Trinajstić information content (AvgIpc) is 2.28. The zero-order valence-corrected chi connectivity index (χ0v) is 12.5. The van der Waals surface area contributed by atoms with Gasteiger partial charge in [-0.1, -0.05) is 6.07 Å². The van der Waals surface area contributed by atoms with Gasteiger partial charge < -0.3 is 10.4 Å². The van der Waals surface area contributed by atoms with E-state index in [1.165, 1.54) is 6.07 Å². The first-order valence-corrected chi connectivity index (χ1v) is 7.47. The predicted octanol–water partition coefficient (Wildman–Crippen LogP) is 2.63. The Bertz CT molecular complexity index is 465. The molecule has 0 aliphatic heterocycles. The van der Waals surface area contributed by atoms with Gasteiger partial charge in [-0.15, -0.1) is 0 Å². The van der Waals surface area contributed by atoms with Gasteiger partial charge in [0.25, 0.3) is 5.91 Å². The maximum atomic E-state index is 12.1. The van der Waals surface area contributed by atoms with Crippen LogP contribution in [0.4, 0.5) is 0 Å².